The van der Waals surface area contributed by atoms with Crippen LogP contribution in [0.1, 0.15) is 6.92 Å². The van der Waals surface area contributed by atoms with Crippen LogP contribution in [0.25, 0.3) is 0 Å². The molecule has 104 valence electrons. The van der Waals surface area contributed by atoms with E-state index in [1.165, 1.54) is 0 Å². The summed E-state index contributed by atoms with van der Waals surface area (Å²) in [6, 6.07) is 0. The van der Waals surface area contributed by atoms with Gasteiger partial charge < -0.3 is 19.7 Å². The number of rotatable bonds is 3. The first-order valence-corrected chi connectivity index (χ1v) is 6.76. The number of hydrogen-bond acceptors (Lipinski definition) is 5. The van der Waals surface area contributed by atoms with E-state index in [1.807, 2.05) is 6.92 Å². The summed E-state index contributed by atoms with van der Waals surface area (Å²) in [4.78, 5) is 15.7. The lowest BCUT2D eigenvalue weighted by Gasteiger charge is -2.36. The minimum atomic E-state index is -0.187. The van der Waals surface area contributed by atoms with Crippen molar-refractivity contribution >= 4 is 6.09 Å². The molecule has 1 amide bonds. The Morgan fingerprint density at radius 2 is 2.17 bits per heavy atom. The average molecular weight is 257 g/mol. The monoisotopic (exact) mass is 257 g/mol. The maximum absolute atomic E-state index is 11.5. The number of nitrogens with zero attached hydrogens (tertiary/aromatic N) is 2. The molecule has 0 aromatic carbocycles. The molecule has 6 nitrogen and oxygen atoms in total. The number of piperazine rings is 1. The van der Waals surface area contributed by atoms with Crippen molar-refractivity contribution in [2.45, 2.75) is 13.0 Å². The van der Waals surface area contributed by atoms with Gasteiger partial charge >= 0.3 is 6.09 Å². The highest BCUT2D eigenvalue weighted by Gasteiger charge is 2.24. The third-order valence-corrected chi connectivity index (χ3v) is 3.36. The molecule has 1 N–H and O–H groups in total. The van der Waals surface area contributed by atoms with Crippen LogP contribution in [0, 0.1) is 0 Å². The van der Waals surface area contributed by atoms with E-state index in [1.54, 1.807) is 4.90 Å². The van der Waals surface area contributed by atoms with Crippen molar-refractivity contribution in [3.05, 3.63) is 0 Å². The van der Waals surface area contributed by atoms with Gasteiger partial charge in [0.15, 0.2) is 0 Å². The fourth-order valence-corrected chi connectivity index (χ4v) is 2.35. The standard InChI is InChI=1S/C12H23N3O3/c1-2-17-12(16)15-6-4-14(5-7-15)10-11-9-13-3-8-18-11/h11,13H,2-10H2,1H3. The van der Waals surface area contributed by atoms with Gasteiger partial charge in [-0.25, -0.2) is 4.79 Å². The van der Waals surface area contributed by atoms with Gasteiger partial charge in [0.25, 0.3) is 0 Å². The molecule has 2 heterocycles. The summed E-state index contributed by atoms with van der Waals surface area (Å²) in [6.07, 6.45) is 0.0978. The Hall–Kier alpha value is -0.850. The van der Waals surface area contributed by atoms with E-state index in [0.717, 1.165) is 52.4 Å². The van der Waals surface area contributed by atoms with Crippen LogP contribution in [0.5, 0.6) is 0 Å². The van der Waals surface area contributed by atoms with Crippen LogP contribution in [0.4, 0.5) is 4.79 Å². The number of hydrogen-bond donors (Lipinski definition) is 1. The molecule has 6 heteroatoms. The van der Waals surface area contributed by atoms with Gasteiger partial charge in [-0.2, -0.15) is 0 Å². The Balaban J connectivity index is 1.68. The Morgan fingerprint density at radius 3 is 2.78 bits per heavy atom. The Morgan fingerprint density at radius 1 is 1.39 bits per heavy atom. The first-order chi connectivity index (χ1) is 8.79. The van der Waals surface area contributed by atoms with E-state index in [4.69, 9.17) is 9.47 Å². The molecule has 2 rings (SSSR count). The van der Waals surface area contributed by atoms with Gasteiger partial charge in [-0.05, 0) is 6.92 Å². The molecule has 18 heavy (non-hydrogen) atoms. The molecule has 2 aliphatic rings. The number of nitrogens with one attached hydrogen (secondary N) is 1. The van der Waals surface area contributed by atoms with Crippen LogP contribution in [-0.2, 0) is 9.47 Å². The summed E-state index contributed by atoms with van der Waals surface area (Å²) in [5.41, 5.74) is 0. The lowest BCUT2D eigenvalue weighted by atomic mass is 10.2. The topological polar surface area (TPSA) is 54.0 Å². The van der Waals surface area contributed by atoms with Gasteiger partial charge in [0.2, 0.25) is 0 Å². The molecule has 0 radical (unpaired) electrons. The summed E-state index contributed by atoms with van der Waals surface area (Å²) < 4.78 is 10.7. The third-order valence-electron chi connectivity index (χ3n) is 3.36. The summed E-state index contributed by atoms with van der Waals surface area (Å²) >= 11 is 0. The van der Waals surface area contributed by atoms with E-state index >= 15 is 0 Å². The number of carbonyl (C=O) groups excluding carboxylic acids is 1. The third kappa shape index (κ3) is 3.83. The molecule has 1 unspecified atom stereocenters. The van der Waals surface area contributed by atoms with Gasteiger partial charge in [0, 0.05) is 45.8 Å². The van der Waals surface area contributed by atoms with Crippen molar-refractivity contribution in [1.82, 2.24) is 15.1 Å². The fourth-order valence-electron chi connectivity index (χ4n) is 2.35. The minimum Gasteiger partial charge on any atom is -0.450 e. The maximum Gasteiger partial charge on any atom is 0.409 e. The van der Waals surface area contributed by atoms with E-state index < -0.39 is 0 Å². The van der Waals surface area contributed by atoms with Crippen molar-refractivity contribution in [2.75, 3.05) is 59.0 Å². The molecule has 0 spiro atoms. The molecular weight excluding hydrogens is 234 g/mol. The second kappa shape index (κ2) is 6.92. The second-order valence-corrected chi connectivity index (χ2v) is 4.68. The Kier molecular flexibility index (Phi) is 5.22. The quantitative estimate of drug-likeness (QED) is 0.755. The van der Waals surface area contributed by atoms with Crippen LogP contribution in [0.3, 0.4) is 0 Å². The minimum absolute atomic E-state index is 0.187. The zero-order chi connectivity index (χ0) is 12.8. The summed E-state index contributed by atoms with van der Waals surface area (Å²) in [7, 11) is 0. The number of ether oxygens (including phenoxy) is 2. The molecule has 2 saturated heterocycles. The molecule has 2 fully saturated rings. The lowest BCUT2D eigenvalue weighted by Crippen LogP contribution is -2.53. The van der Waals surface area contributed by atoms with E-state index in [-0.39, 0.29) is 12.2 Å². The van der Waals surface area contributed by atoms with Crippen molar-refractivity contribution in [3.63, 3.8) is 0 Å². The molecule has 0 aromatic rings. The molecule has 0 bridgehead atoms. The molecule has 0 saturated carbocycles. The highest BCUT2D eigenvalue weighted by Crippen LogP contribution is 2.06. The molecule has 0 aromatic heterocycles. The van der Waals surface area contributed by atoms with Gasteiger partial charge in [0.05, 0.1) is 19.3 Å². The van der Waals surface area contributed by atoms with Gasteiger partial charge in [0.1, 0.15) is 0 Å². The zero-order valence-corrected chi connectivity index (χ0v) is 11.1. The summed E-state index contributed by atoms with van der Waals surface area (Å²) in [5, 5.41) is 3.33. The Labute approximate surface area is 108 Å². The predicted molar refractivity (Wildman–Crippen MR) is 67.6 cm³/mol. The molecular formula is C12H23N3O3. The van der Waals surface area contributed by atoms with Crippen LogP contribution in [0.15, 0.2) is 0 Å². The fraction of sp³-hybridized carbons (Fsp3) is 0.917. The number of carbonyl (C=O) groups is 1. The van der Waals surface area contributed by atoms with E-state index in [0.29, 0.717) is 6.61 Å². The van der Waals surface area contributed by atoms with Crippen LogP contribution >= 0.6 is 0 Å². The predicted octanol–water partition coefficient (Wildman–Crippen LogP) is -0.251. The number of morpholine rings is 1. The van der Waals surface area contributed by atoms with Gasteiger partial charge in [-0.1, -0.05) is 0 Å². The number of amides is 1. The van der Waals surface area contributed by atoms with Crippen molar-refractivity contribution in [2.24, 2.45) is 0 Å². The largest absolute Gasteiger partial charge is 0.450 e. The van der Waals surface area contributed by atoms with Crippen molar-refractivity contribution in [3.8, 4) is 0 Å². The average Bonchev–Trinajstić information content (AvgIpc) is 2.41. The Bertz CT molecular complexity index is 261. The van der Waals surface area contributed by atoms with Crippen LogP contribution in [0.2, 0.25) is 0 Å². The first-order valence-electron chi connectivity index (χ1n) is 6.76. The summed E-state index contributed by atoms with van der Waals surface area (Å²) in [6.45, 7) is 9.21. The van der Waals surface area contributed by atoms with Crippen LogP contribution < -0.4 is 5.32 Å². The van der Waals surface area contributed by atoms with Crippen LogP contribution in [-0.4, -0.2) is 81.0 Å². The van der Waals surface area contributed by atoms with E-state index in [2.05, 4.69) is 10.2 Å². The maximum atomic E-state index is 11.5. The highest BCUT2D eigenvalue weighted by molar-refractivity contribution is 5.67. The smallest absolute Gasteiger partial charge is 0.409 e. The normalized spacial score (nSPS) is 26.1. The second-order valence-electron chi connectivity index (χ2n) is 4.68. The van der Waals surface area contributed by atoms with Gasteiger partial charge in [-0.15, -0.1) is 0 Å². The van der Waals surface area contributed by atoms with Crippen molar-refractivity contribution in [1.29, 1.82) is 0 Å². The van der Waals surface area contributed by atoms with Gasteiger partial charge in [-0.3, -0.25) is 4.90 Å². The molecule has 1 atom stereocenters. The zero-order valence-electron chi connectivity index (χ0n) is 11.1. The van der Waals surface area contributed by atoms with E-state index in [9.17, 15) is 4.79 Å². The lowest BCUT2D eigenvalue weighted by molar-refractivity contribution is -0.00400. The summed E-state index contributed by atoms with van der Waals surface area (Å²) in [5.74, 6) is 0. The van der Waals surface area contributed by atoms with Crippen molar-refractivity contribution < 1.29 is 14.3 Å². The SMILES string of the molecule is CCOC(=O)N1CCN(CC2CNCCO2)CC1. The molecule has 2 aliphatic heterocycles. The molecule has 0 aliphatic carbocycles. The highest BCUT2D eigenvalue weighted by atomic mass is 16.6. The first kappa shape index (κ1) is 13.6.